The number of carbonyl (C=O) groups is 1. The van der Waals surface area contributed by atoms with E-state index in [1.807, 2.05) is 0 Å². The predicted octanol–water partition coefficient (Wildman–Crippen LogP) is 0.670. The fourth-order valence-corrected chi connectivity index (χ4v) is 1.56. The van der Waals surface area contributed by atoms with Crippen LogP contribution in [0.3, 0.4) is 0 Å². The Morgan fingerprint density at radius 2 is 2.22 bits per heavy atom. The van der Waals surface area contributed by atoms with Crippen LogP contribution < -0.4 is 5.73 Å². The topological polar surface area (TPSA) is 83.0 Å². The minimum absolute atomic E-state index is 0.0516. The molecular formula is C10H16F2N4O2. The molecule has 0 saturated heterocycles. The number of carbonyl (C=O) groups excluding carboxylic acids is 1. The number of halogens is 2. The molecular weight excluding hydrogens is 246 g/mol. The van der Waals surface area contributed by atoms with Crippen LogP contribution in [0.5, 0.6) is 0 Å². The van der Waals surface area contributed by atoms with E-state index in [1.165, 1.54) is 0 Å². The van der Waals surface area contributed by atoms with Crippen molar-refractivity contribution in [2.45, 2.75) is 32.2 Å². The zero-order valence-corrected chi connectivity index (χ0v) is 10.1. The second kappa shape index (κ2) is 7.00. The Bertz CT molecular complexity index is 395. The van der Waals surface area contributed by atoms with Gasteiger partial charge in [-0.2, -0.15) is 0 Å². The first-order valence-corrected chi connectivity index (χ1v) is 5.54. The van der Waals surface area contributed by atoms with E-state index >= 15 is 0 Å². The molecule has 2 N–H and O–H groups in total. The third kappa shape index (κ3) is 4.02. The monoisotopic (exact) mass is 262 g/mol. The number of aryl methyl sites for hydroxylation is 1. The summed E-state index contributed by atoms with van der Waals surface area (Å²) in [6.45, 7) is 0.877. The molecule has 1 rings (SSSR count). The van der Waals surface area contributed by atoms with Crippen LogP contribution in [-0.4, -0.2) is 34.6 Å². The molecule has 1 aromatic heterocycles. The summed E-state index contributed by atoms with van der Waals surface area (Å²) in [5.41, 5.74) is 4.59. The van der Waals surface area contributed by atoms with E-state index in [-0.39, 0.29) is 17.8 Å². The lowest BCUT2D eigenvalue weighted by atomic mass is 10.2. The molecule has 1 heterocycles. The maximum atomic E-state index is 12.9. The molecule has 1 aromatic rings. The van der Waals surface area contributed by atoms with Crippen molar-refractivity contribution in [3.05, 3.63) is 11.4 Å². The van der Waals surface area contributed by atoms with Crippen molar-refractivity contribution in [2.24, 2.45) is 5.73 Å². The molecule has 8 heteroatoms. The van der Waals surface area contributed by atoms with Crippen LogP contribution in [0.1, 0.15) is 30.7 Å². The first kappa shape index (κ1) is 14.5. The van der Waals surface area contributed by atoms with E-state index in [2.05, 4.69) is 10.3 Å². The summed E-state index contributed by atoms with van der Waals surface area (Å²) in [7, 11) is 1.57. The summed E-state index contributed by atoms with van der Waals surface area (Å²) in [4.78, 5) is 10.7. The number of unbranched alkanes of at least 4 members (excludes halogenated alkanes) is 1. The second-order valence-electron chi connectivity index (χ2n) is 3.79. The number of hydrogen-bond acceptors (Lipinski definition) is 4. The molecule has 0 aliphatic carbocycles. The van der Waals surface area contributed by atoms with E-state index in [0.717, 1.165) is 11.1 Å². The van der Waals surface area contributed by atoms with Gasteiger partial charge in [-0.3, -0.25) is 4.79 Å². The number of amides is 1. The van der Waals surface area contributed by atoms with Crippen molar-refractivity contribution in [2.75, 3.05) is 13.7 Å². The fraction of sp³-hybridized carbons (Fsp3) is 0.700. The van der Waals surface area contributed by atoms with Crippen LogP contribution in [0.2, 0.25) is 0 Å². The molecule has 0 bridgehead atoms. The molecule has 0 aromatic carbocycles. The second-order valence-corrected chi connectivity index (χ2v) is 3.79. The highest BCUT2D eigenvalue weighted by Gasteiger charge is 2.22. The first-order chi connectivity index (χ1) is 8.56. The summed E-state index contributed by atoms with van der Waals surface area (Å²) in [5.74, 6) is -0.705. The SMILES string of the molecule is COCCCCn1nnc(CC(N)=O)c1C(F)F. The molecule has 0 atom stereocenters. The van der Waals surface area contributed by atoms with Crippen molar-refractivity contribution < 1.29 is 18.3 Å². The summed E-state index contributed by atoms with van der Waals surface area (Å²) in [6, 6.07) is 0. The Hall–Kier alpha value is -1.57. The molecule has 0 fully saturated rings. The van der Waals surface area contributed by atoms with Gasteiger partial charge >= 0.3 is 0 Å². The van der Waals surface area contributed by atoms with Gasteiger partial charge in [-0.15, -0.1) is 5.10 Å². The van der Waals surface area contributed by atoms with Crippen molar-refractivity contribution in [1.29, 1.82) is 0 Å². The number of hydrogen-bond donors (Lipinski definition) is 1. The number of nitrogens with zero attached hydrogens (tertiary/aromatic N) is 3. The van der Waals surface area contributed by atoms with Gasteiger partial charge in [0, 0.05) is 20.3 Å². The summed E-state index contributed by atoms with van der Waals surface area (Å²) >= 11 is 0. The number of methoxy groups -OCH3 is 1. The van der Waals surface area contributed by atoms with Gasteiger partial charge in [0.05, 0.1) is 6.42 Å². The number of primary amides is 1. The molecule has 1 amide bonds. The van der Waals surface area contributed by atoms with E-state index in [4.69, 9.17) is 10.5 Å². The summed E-state index contributed by atoms with van der Waals surface area (Å²) in [6.07, 6.45) is -1.66. The largest absolute Gasteiger partial charge is 0.385 e. The lowest BCUT2D eigenvalue weighted by Crippen LogP contribution is -2.16. The molecule has 0 saturated carbocycles. The van der Waals surface area contributed by atoms with Crippen molar-refractivity contribution >= 4 is 5.91 Å². The Kier molecular flexibility index (Phi) is 5.63. The van der Waals surface area contributed by atoms with Crippen LogP contribution in [0.4, 0.5) is 8.78 Å². The van der Waals surface area contributed by atoms with Crippen molar-refractivity contribution in [3.8, 4) is 0 Å². The number of alkyl halides is 2. The van der Waals surface area contributed by atoms with Gasteiger partial charge in [-0.25, -0.2) is 13.5 Å². The third-order valence-electron chi connectivity index (χ3n) is 2.36. The standard InChI is InChI=1S/C10H16F2N4O2/c1-18-5-3-2-4-16-9(10(11)12)7(14-15-16)6-8(13)17/h10H,2-6H2,1H3,(H2,13,17). The Morgan fingerprint density at radius 1 is 1.50 bits per heavy atom. The van der Waals surface area contributed by atoms with Gasteiger partial charge in [-0.1, -0.05) is 5.21 Å². The zero-order chi connectivity index (χ0) is 13.5. The number of rotatable bonds is 8. The highest BCUT2D eigenvalue weighted by atomic mass is 19.3. The molecule has 102 valence electrons. The normalized spacial score (nSPS) is 11.1. The molecule has 18 heavy (non-hydrogen) atoms. The van der Waals surface area contributed by atoms with E-state index < -0.39 is 12.3 Å². The molecule has 0 unspecified atom stereocenters. The van der Waals surface area contributed by atoms with Crippen LogP contribution in [0.15, 0.2) is 0 Å². The van der Waals surface area contributed by atoms with Crippen LogP contribution >= 0.6 is 0 Å². The molecule has 0 spiro atoms. The molecule has 0 aliphatic heterocycles. The third-order valence-corrected chi connectivity index (χ3v) is 2.36. The van der Waals surface area contributed by atoms with Gasteiger partial charge in [0.25, 0.3) is 6.43 Å². The van der Waals surface area contributed by atoms with Crippen molar-refractivity contribution in [1.82, 2.24) is 15.0 Å². The number of nitrogens with two attached hydrogens (primary N) is 1. The quantitative estimate of drug-likeness (QED) is 0.698. The highest BCUT2D eigenvalue weighted by molar-refractivity contribution is 5.76. The van der Waals surface area contributed by atoms with Gasteiger partial charge in [-0.05, 0) is 12.8 Å². The average molecular weight is 262 g/mol. The van der Waals surface area contributed by atoms with Crippen LogP contribution in [0, 0.1) is 0 Å². The van der Waals surface area contributed by atoms with Gasteiger partial charge < -0.3 is 10.5 Å². The van der Waals surface area contributed by atoms with Gasteiger partial charge in [0.15, 0.2) is 0 Å². The molecule has 0 radical (unpaired) electrons. The molecule has 6 nitrogen and oxygen atoms in total. The lowest BCUT2D eigenvalue weighted by Gasteiger charge is -2.06. The minimum Gasteiger partial charge on any atom is -0.385 e. The maximum Gasteiger partial charge on any atom is 0.281 e. The average Bonchev–Trinajstić information content (AvgIpc) is 2.66. The summed E-state index contributed by atoms with van der Waals surface area (Å²) < 4.78 is 31.7. The molecule has 0 aliphatic rings. The Labute approximate surface area is 103 Å². The van der Waals surface area contributed by atoms with Crippen LogP contribution in [0.25, 0.3) is 0 Å². The zero-order valence-electron chi connectivity index (χ0n) is 10.1. The smallest absolute Gasteiger partial charge is 0.281 e. The lowest BCUT2D eigenvalue weighted by molar-refractivity contribution is -0.117. The summed E-state index contributed by atoms with van der Waals surface area (Å²) in [5, 5.41) is 7.20. The Morgan fingerprint density at radius 3 is 2.78 bits per heavy atom. The van der Waals surface area contributed by atoms with Crippen molar-refractivity contribution in [3.63, 3.8) is 0 Å². The predicted molar refractivity (Wildman–Crippen MR) is 59.0 cm³/mol. The first-order valence-electron chi connectivity index (χ1n) is 5.54. The van der Waals surface area contributed by atoms with Gasteiger partial charge in [0.2, 0.25) is 5.91 Å². The minimum atomic E-state index is -2.73. The Balaban J connectivity index is 2.72. The maximum absolute atomic E-state index is 12.9. The van der Waals surface area contributed by atoms with Gasteiger partial charge in [0.1, 0.15) is 11.4 Å². The highest BCUT2D eigenvalue weighted by Crippen LogP contribution is 2.22. The van der Waals surface area contributed by atoms with Crippen LogP contribution in [-0.2, 0) is 22.5 Å². The fourth-order valence-electron chi connectivity index (χ4n) is 1.56. The van der Waals surface area contributed by atoms with E-state index in [0.29, 0.717) is 19.6 Å². The number of aromatic nitrogens is 3. The number of ether oxygens (including phenoxy) is 1. The van der Waals surface area contributed by atoms with E-state index in [9.17, 15) is 13.6 Å². The van der Waals surface area contributed by atoms with E-state index in [1.54, 1.807) is 7.11 Å².